The van der Waals surface area contributed by atoms with E-state index in [9.17, 15) is 0 Å². The van der Waals surface area contributed by atoms with Gasteiger partial charge >= 0.3 is 0 Å². The standard InChI is InChI=1S/C34H21NO2S/c1-20-21(2)36-34-24(20)11-8-12-25(34)22-15-16-28-26(17-22)27-18-33-31(37-30-13-6-7-14-32(30)38-33)19-29(27)35(28)23-9-4-3-5-10-23/h3-19H,1-2H2. The fourth-order valence-corrected chi connectivity index (χ4v) is 6.48. The van der Waals surface area contributed by atoms with E-state index in [1.807, 2.05) is 24.3 Å². The molecule has 0 bridgehead atoms. The van der Waals surface area contributed by atoms with Gasteiger partial charge in [0.25, 0.3) is 0 Å². The predicted molar refractivity (Wildman–Crippen MR) is 157 cm³/mol. The number of hydrogen-bond donors (Lipinski definition) is 0. The van der Waals surface area contributed by atoms with Crippen molar-refractivity contribution in [3.63, 3.8) is 0 Å². The largest absolute Gasteiger partial charge is 0.456 e. The zero-order valence-corrected chi connectivity index (χ0v) is 21.2. The second kappa shape index (κ2) is 7.91. The molecule has 0 spiro atoms. The Labute approximate surface area is 222 Å². The molecule has 3 nitrogen and oxygen atoms in total. The fourth-order valence-electron chi connectivity index (χ4n) is 5.51. The number of rotatable bonds is 2. The zero-order valence-electron chi connectivity index (χ0n) is 20.4. The minimum Gasteiger partial charge on any atom is -0.456 e. The van der Waals surface area contributed by atoms with Crippen LogP contribution in [0, 0.1) is 0 Å². The lowest BCUT2D eigenvalue weighted by atomic mass is 10.0. The minimum absolute atomic E-state index is 0.609. The molecule has 1 aliphatic heterocycles. The molecule has 0 saturated heterocycles. The summed E-state index contributed by atoms with van der Waals surface area (Å²) >= 11 is 1.75. The Hall–Kier alpha value is -4.67. The van der Waals surface area contributed by atoms with Crippen LogP contribution in [0.25, 0.3) is 62.7 Å². The zero-order chi connectivity index (χ0) is 25.4. The second-order valence-electron chi connectivity index (χ2n) is 9.56. The molecule has 0 unspecified atom stereocenters. The fraction of sp³-hybridized carbons (Fsp3) is 0. The lowest BCUT2D eigenvalue weighted by molar-refractivity contribution is 0.455. The smallest absolute Gasteiger partial charge is 0.143 e. The van der Waals surface area contributed by atoms with E-state index in [0.29, 0.717) is 5.42 Å². The molecule has 3 heterocycles. The first-order valence-corrected chi connectivity index (χ1v) is 13.3. The molecule has 2 aromatic heterocycles. The van der Waals surface area contributed by atoms with E-state index in [1.54, 1.807) is 11.8 Å². The molecule has 180 valence electrons. The van der Waals surface area contributed by atoms with E-state index in [2.05, 4.69) is 96.6 Å². The van der Waals surface area contributed by atoms with Crippen molar-refractivity contribution in [2.75, 3.05) is 0 Å². The molecular weight excluding hydrogens is 486 g/mol. The maximum atomic E-state index is 6.37. The van der Waals surface area contributed by atoms with Crippen LogP contribution < -0.4 is 15.4 Å². The molecule has 5 aromatic carbocycles. The van der Waals surface area contributed by atoms with E-state index in [1.165, 1.54) is 10.8 Å². The van der Waals surface area contributed by atoms with Crippen molar-refractivity contribution in [1.82, 2.24) is 4.57 Å². The molecule has 0 radical (unpaired) electrons. The molecule has 0 saturated carbocycles. The van der Waals surface area contributed by atoms with Gasteiger partial charge in [0.05, 0.1) is 20.8 Å². The predicted octanol–water partition coefficient (Wildman–Crippen LogP) is 8.27. The van der Waals surface area contributed by atoms with E-state index in [4.69, 9.17) is 9.15 Å². The van der Waals surface area contributed by atoms with Crippen LogP contribution in [-0.2, 0) is 0 Å². The number of furan rings is 1. The highest BCUT2D eigenvalue weighted by molar-refractivity contribution is 7.99. The summed E-state index contributed by atoms with van der Waals surface area (Å²) in [5.41, 5.74) is 6.93. The van der Waals surface area contributed by atoms with Gasteiger partial charge in [-0.1, -0.05) is 79.5 Å². The monoisotopic (exact) mass is 507 g/mol. The molecule has 8 rings (SSSR count). The highest BCUT2D eigenvalue weighted by Crippen LogP contribution is 2.49. The van der Waals surface area contributed by atoms with Gasteiger partial charge in [-0.25, -0.2) is 0 Å². The molecule has 0 amide bonds. The van der Waals surface area contributed by atoms with Crippen LogP contribution in [0.2, 0.25) is 0 Å². The van der Waals surface area contributed by atoms with Crippen molar-refractivity contribution in [2.24, 2.45) is 0 Å². The third kappa shape index (κ3) is 3.04. The number of para-hydroxylation sites is 3. The lowest BCUT2D eigenvalue weighted by Crippen LogP contribution is -2.15. The first-order chi connectivity index (χ1) is 18.7. The summed E-state index contributed by atoms with van der Waals surface area (Å²) in [5.74, 6) is 1.78. The number of fused-ring (bicyclic) bond motifs is 6. The first kappa shape index (κ1) is 21.4. The number of nitrogens with zero attached hydrogens (tertiary/aromatic N) is 1. The molecular formula is C34H21NO2S. The lowest BCUT2D eigenvalue weighted by Gasteiger charge is -2.20. The molecule has 7 aromatic rings. The third-order valence-electron chi connectivity index (χ3n) is 7.35. The minimum atomic E-state index is 0.609. The Morgan fingerprint density at radius 2 is 1.45 bits per heavy atom. The summed E-state index contributed by atoms with van der Waals surface area (Å²) in [5, 5.41) is 4.20. The van der Waals surface area contributed by atoms with Crippen LogP contribution in [0.3, 0.4) is 0 Å². The Morgan fingerprint density at radius 3 is 2.34 bits per heavy atom. The van der Waals surface area contributed by atoms with Crippen LogP contribution in [0.4, 0.5) is 0 Å². The highest BCUT2D eigenvalue weighted by atomic mass is 32.2. The summed E-state index contributed by atoms with van der Waals surface area (Å²) in [6, 6.07) is 36.0. The number of hydrogen-bond acceptors (Lipinski definition) is 3. The van der Waals surface area contributed by atoms with Crippen LogP contribution in [0.1, 0.15) is 0 Å². The van der Waals surface area contributed by atoms with Crippen molar-refractivity contribution < 1.29 is 9.15 Å². The number of ether oxygens (including phenoxy) is 1. The van der Waals surface area contributed by atoms with Crippen LogP contribution in [-0.4, -0.2) is 4.57 Å². The molecule has 0 aliphatic carbocycles. The SMILES string of the molecule is C=c1oc2c(-c3ccc4c(c3)c3cc5c(cc3n4-c3ccccc3)Oc3ccccc3S5)cccc2c1=C. The van der Waals surface area contributed by atoms with Crippen molar-refractivity contribution in [1.29, 1.82) is 0 Å². The molecule has 0 atom stereocenters. The highest BCUT2D eigenvalue weighted by Gasteiger charge is 2.22. The number of aromatic nitrogens is 1. The van der Waals surface area contributed by atoms with Crippen molar-refractivity contribution in [3.8, 4) is 28.3 Å². The van der Waals surface area contributed by atoms with Gasteiger partial charge < -0.3 is 13.7 Å². The van der Waals surface area contributed by atoms with Crippen LogP contribution in [0.5, 0.6) is 11.5 Å². The van der Waals surface area contributed by atoms with Crippen molar-refractivity contribution >= 4 is 57.7 Å². The Morgan fingerprint density at radius 1 is 0.632 bits per heavy atom. The van der Waals surface area contributed by atoms with Gasteiger partial charge in [-0.05, 0) is 48.0 Å². The van der Waals surface area contributed by atoms with E-state index in [0.717, 1.165) is 65.3 Å². The molecule has 0 N–H and O–H groups in total. The third-order valence-corrected chi connectivity index (χ3v) is 8.44. The van der Waals surface area contributed by atoms with Gasteiger partial charge in [-0.3, -0.25) is 0 Å². The van der Waals surface area contributed by atoms with Crippen LogP contribution in [0.15, 0.2) is 117 Å². The second-order valence-corrected chi connectivity index (χ2v) is 10.6. The maximum absolute atomic E-state index is 6.37. The van der Waals surface area contributed by atoms with Gasteiger partial charge in [0, 0.05) is 38.7 Å². The van der Waals surface area contributed by atoms with Crippen molar-refractivity contribution in [3.05, 3.63) is 114 Å². The van der Waals surface area contributed by atoms with E-state index < -0.39 is 0 Å². The van der Waals surface area contributed by atoms with E-state index >= 15 is 0 Å². The average Bonchev–Trinajstić information content (AvgIpc) is 3.43. The molecule has 1 aliphatic rings. The van der Waals surface area contributed by atoms with E-state index in [-0.39, 0.29) is 0 Å². The summed E-state index contributed by atoms with van der Waals surface area (Å²) in [6.07, 6.45) is 0. The van der Waals surface area contributed by atoms with Gasteiger partial charge in [0.1, 0.15) is 22.5 Å². The number of benzene rings is 5. The van der Waals surface area contributed by atoms with Gasteiger partial charge in [0.15, 0.2) is 0 Å². The normalized spacial score (nSPS) is 12.5. The average molecular weight is 508 g/mol. The van der Waals surface area contributed by atoms with Crippen molar-refractivity contribution in [2.45, 2.75) is 9.79 Å². The molecule has 38 heavy (non-hydrogen) atoms. The van der Waals surface area contributed by atoms with Gasteiger partial charge in [-0.2, -0.15) is 0 Å². The van der Waals surface area contributed by atoms with Gasteiger partial charge in [0.2, 0.25) is 0 Å². The Kier molecular flexibility index (Phi) is 4.46. The van der Waals surface area contributed by atoms with Crippen LogP contribution >= 0.6 is 11.8 Å². The summed E-state index contributed by atoms with van der Waals surface area (Å²) in [7, 11) is 0. The Balaban J connectivity index is 1.43. The Bertz CT molecular complexity index is 2170. The van der Waals surface area contributed by atoms with Gasteiger partial charge in [-0.15, -0.1) is 0 Å². The maximum Gasteiger partial charge on any atom is 0.143 e. The summed E-state index contributed by atoms with van der Waals surface area (Å²) in [4.78, 5) is 2.24. The summed E-state index contributed by atoms with van der Waals surface area (Å²) in [6.45, 7) is 8.18. The molecule has 4 heteroatoms. The topological polar surface area (TPSA) is 27.3 Å². The summed E-state index contributed by atoms with van der Waals surface area (Å²) < 4.78 is 14.8. The quantitative estimate of drug-likeness (QED) is 0.236. The molecule has 0 fully saturated rings. The first-order valence-electron chi connectivity index (χ1n) is 12.5.